The van der Waals surface area contributed by atoms with Crippen LogP contribution in [0.15, 0.2) is 54.6 Å². The van der Waals surface area contributed by atoms with Gasteiger partial charge < -0.3 is 9.80 Å². The minimum absolute atomic E-state index is 0.105. The molecule has 0 bridgehead atoms. The van der Waals surface area contributed by atoms with Crippen molar-refractivity contribution in [2.75, 3.05) is 39.3 Å². The number of nitrogens with zero attached hydrogens (tertiary/aromatic N) is 3. The topological polar surface area (TPSA) is 43.9 Å². The second kappa shape index (κ2) is 8.74. The lowest BCUT2D eigenvalue weighted by molar-refractivity contribution is -0.136. The molecule has 0 aromatic heterocycles. The Kier molecular flexibility index (Phi) is 5.90. The lowest BCUT2D eigenvalue weighted by Gasteiger charge is -2.40. The van der Waals surface area contributed by atoms with Gasteiger partial charge in [-0.05, 0) is 30.5 Å². The van der Waals surface area contributed by atoms with E-state index in [0.29, 0.717) is 26.2 Å². The third kappa shape index (κ3) is 4.17. The number of likely N-dealkylation sites (tertiary alicyclic amines) is 1. The molecule has 5 nitrogen and oxygen atoms in total. The maximum Gasteiger partial charge on any atom is 0.256 e. The Hall–Kier alpha value is -2.73. The highest BCUT2D eigenvalue weighted by Gasteiger charge is 2.35. The quantitative estimate of drug-likeness (QED) is 0.800. The average molecular weight is 395 g/mol. The highest BCUT2D eigenvalue weighted by Crippen LogP contribution is 2.27. The van der Waals surface area contributed by atoms with E-state index in [-0.39, 0.29) is 23.4 Å². The summed E-state index contributed by atoms with van der Waals surface area (Å²) in [7, 11) is 0. The first-order valence-electron chi connectivity index (χ1n) is 10.3. The number of piperazine rings is 1. The van der Waals surface area contributed by atoms with Gasteiger partial charge in [0.05, 0.1) is 5.56 Å². The molecule has 0 spiro atoms. The van der Waals surface area contributed by atoms with Crippen LogP contribution < -0.4 is 0 Å². The molecule has 6 heteroatoms. The molecule has 0 radical (unpaired) electrons. The van der Waals surface area contributed by atoms with Crippen LogP contribution in [0.25, 0.3) is 0 Å². The van der Waals surface area contributed by atoms with Crippen LogP contribution in [0.3, 0.4) is 0 Å². The van der Waals surface area contributed by atoms with E-state index in [1.807, 2.05) is 35.2 Å². The first-order valence-corrected chi connectivity index (χ1v) is 10.3. The number of hydrogen-bond donors (Lipinski definition) is 0. The van der Waals surface area contributed by atoms with Crippen molar-refractivity contribution in [1.82, 2.24) is 14.7 Å². The number of halogens is 1. The average Bonchev–Trinajstić information content (AvgIpc) is 3.30. The molecule has 1 atom stereocenters. The number of hydrogen-bond acceptors (Lipinski definition) is 3. The van der Waals surface area contributed by atoms with Gasteiger partial charge in [0.15, 0.2) is 0 Å². The first-order chi connectivity index (χ1) is 14.1. The van der Waals surface area contributed by atoms with Gasteiger partial charge in [-0.3, -0.25) is 14.5 Å². The van der Waals surface area contributed by atoms with Gasteiger partial charge >= 0.3 is 0 Å². The molecule has 0 aliphatic carbocycles. The third-order valence-electron chi connectivity index (χ3n) is 5.84. The molecule has 152 valence electrons. The van der Waals surface area contributed by atoms with Crippen molar-refractivity contribution in [2.45, 2.75) is 18.9 Å². The summed E-state index contributed by atoms with van der Waals surface area (Å²) in [5.41, 5.74) is 1.09. The molecule has 2 amide bonds. The smallest absolute Gasteiger partial charge is 0.256 e. The number of carbonyl (C=O) groups excluding carboxylic acids is 2. The zero-order valence-electron chi connectivity index (χ0n) is 16.5. The van der Waals surface area contributed by atoms with Gasteiger partial charge in [-0.1, -0.05) is 42.5 Å². The molecule has 29 heavy (non-hydrogen) atoms. The molecule has 0 saturated carbocycles. The van der Waals surface area contributed by atoms with Gasteiger partial charge in [0.25, 0.3) is 5.91 Å². The third-order valence-corrected chi connectivity index (χ3v) is 5.84. The van der Waals surface area contributed by atoms with Gasteiger partial charge in [0.2, 0.25) is 5.91 Å². The van der Waals surface area contributed by atoms with Crippen molar-refractivity contribution in [2.24, 2.45) is 0 Å². The lowest BCUT2D eigenvalue weighted by Crippen LogP contribution is -2.52. The molecule has 2 heterocycles. The van der Waals surface area contributed by atoms with E-state index < -0.39 is 5.82 Å². The van der Waals surface area contributed by atoms with E-state index in [4.69, 9.17) is 0 Å². The molecule has 2 fully saturated rings. The van der Waals surface area contributed by atoms with Crippen LogP contribution >= 0.6 is 0 Å². The van der Waals surface area contributed by atoms with Crippen molar-refractivity contribution in [3.05, 3.63) is 71.5 Å². The fourth-order valence-corrected chi connectivity index (χ4v) is 4.24. The Morgan fingerprint density at radius 2 is 1.38 bits per heavy atom. The van der Waals surface area contributed by atoms with Crippen molar-refractivity contribution >= 4 is 11.8 Å². The Morgan fingerprint density at radius 3 is 2.03 bits per heavy atom. The van der Waals surface area contributed by atoms with Crippen LogP contribution in [-0.2, 0) is 4.79 Å². The molecule has 2 aromatic rings. The van der Waals surface area contributed by atoms with E-state index in [0.717, 1.165) is 31.5 Å². The molecule has 4 rings (SSSR count). The van der Waals surface area contributed by atoms with Gasteiger partial charge in [0.1, 0.15) is 11.9 Å². The predicted octanol–water partition coefficient (Wildman–Crippen LogP) is 2.95. The minimum Gasteiger partial charge on any atom is -0.341 e. The first kappa shape index (κ1) is 19.6. The predicted molar refractivity (Wildman–Crippen MR) is 109 cm³/mol. The molecule has 2 aromatic carbocycles. The van der Waals surface area contributed by atoms with Crippen molar-refractivity contribution in [3.63, 3.8) is 0 Å². The Balaban J connectivity index is 1.49. The van der Waals surface area contributed by atoms with Crippen LogP contribution in [0.5, 0.6) is 0 Å². The summed E-state index contributed by atoms with van der Waals surface area (Å²) in [6.45, 7) is 3.74. The van der Waals surface area contributed by atoms with Crippen LogP contribution in [-0.4, -0.2) is 65.8 Å². The Bertz CT molecular complexity index is 859. The van der Waals surface area contributed by atoms with Crippen LogP contribution in [0.4, 0.5) is 4.39 Å². The summed E-state index contributed by atoms with van der Waals surface area (Å²) in [5.74, 6) is -0.640. The summed E-state index contributed by atoms with van der Waals surface area (Å²) in [6.07, 6.45) is 2.11. The molecule has 1 unspecified atom stereocenters. The summed E-state index contributed by atoms with van der Waals surface area (Å²) in [6, 6.07) is 15.6. The molecule has 2 aliphatic heterocycles. The maximum absolute atomic E-state index is 14.0. The number of rotatable bonds is 4. The van der Waals surface area contributed by atoms with Crippen molar-refractivity contribution < 1.29 is 14.0 Å². The fraction of sp³-hybridized carbons (Fsp3) is 0.391. The summed E-state index contributed by atoms with van der Waals surface area (Å²) in [4.78, 5) is 31.8. The van der Waals surface area contributed by atoms with E-state index in [9.17, 15) is 14.0 Å². The SMILES string of the molecule is O=C(c1ccccc1F)N1CCN(C(C(=O)N2CCCC2)c2ccccc2)CC1. The zero-order chi connectivity index (χ0) is 20.2. The minimum atomic E-state index is -0.494. The van der Waals surface area contributed by atoms with Crippen LogP contribution in [0.1, 0.15) is 34.8 Å². The second-order valence-corrected chi connectivity index (χ2v) is 7.65. The normalized spacial score (nSPS) is 18.7. The Morgan fingerprint density at radius 1 is 0.759 bits per heavy atom. The van der Waals surface area contributed by atoms with E-state index in [1.54, 1.807) is 17.0 Å². The van der Waals surface area contributed by atoms with Gasteiger partial charge in [-0.15, -0.1) is 0 Å². The number of benzene rings is 2. The van der Waals surface area contributed by atoms with Gasteiger partial charge in [-0.2, -0.15) is 0 Å². The van der Waals surface area contributed by atoms with Gasteiger partial charge in [0, 0.05) is 39.3 Å². The zero-order valence-corrected chi connectivity index (χ0v) is 16.5. The van der Waals surface area contributed by atoms with Crippen molar-refractivity contribution in [1.29, 1.82) is 0 Å². The maximum atomic E-state index is 14.0. The summed E-state index contributed by atoms with van der Waals surface area (Å²) < 4.78 is 14.0. The lowest BCUT2D eigenvalue weighted by atomic mass is 10.0. The van der Waals surface area contributed by atoms with Gasteiger partial charge in [-0.25, -0.2) is 4.39 Å². The van der Waals surface area contributed by atoms with E-state index >= 15 is 0 Å². The fourth-order valence-electron chi connectivity index (χ4n) is 4.24. The highest BCUT2D eigenvalue weighted by molar-refractivity contribution is 5.94. The number of carbonyl (C=O) groups is 2. The number of amides is 2. The Labute approximate surface area is 170 Å². The standard InChI is InChI=1S/C23H26FN3O2/c24-20-11-5-4-10-19(20)22(28)27-16-14-25(15-17-27)21(18-8-2-1-3-9-18)23(29)26-12-6-7-13-26/h1-5,8-11,21H,6-7,12-17H2. The monoisotopic (exact) mass is 395 g/mol. The van der Waals surface area contributed by atoms with Crippen LogP contribution in [0, 0.1) is 5.82 Å². The summed E-state index contributed by atoms with van der Waals surface area (Å²) >= 11 is 0. The second-order valence-electron chi connectivity index (χ2n) is 7.65. The largest absolute Gasteiger partial charge is 0.341 e. The summed E-state index contributed by atoms with van der Waals surface area (Å²) in [5, 5.41) is 0. The van der Waals surface area contributed by atoms with E-state index in [1.165, 1.54) is 12.1 Å². The molecular weight excluding hydrogens is 369 g/mol. The van der Waals surface area contributed by atoms with E-state index in [2.05, 4.69) is 4.90 Å². The molecule has 0 N–H and O–H groups in total. The van der Waals surface area contributed by atoms with Crippen LogP contribution in [0.2, 0.25) is 0 Å². The molecule has 2 saturated heterocycles. The molecule has 2 aliphatic rings. The highest BCUT2D eigenvalue weighted by atomic mass is 19.1. The molecular formula is C23H26FN3O2. The van der Waals surface area contributed by atoms with Crippen molar-refractivity contribution in [3.8, 4) is 0 Å².